The highest BCUT2D eigenvalue weighted by molar-refractivity contribution is 4.98. The lowest BCUT2D eigenvalue weighted by molar-refractivity contribution is -0.148. The number of rotatable bonds is 4. The second-order valence-electron chi connectivity index (χ2n) is 8.08. The molecule has 4 rings (SSSR count). The number of ether oxygens (including phenoxy) is 1. The molecule has 0 aromatic rings. The maximum Gasteiger partial charge on any atom is 0.0685 e. The van der Waals surface area contributed by atoms with E-state index in [0.717, 1.165) is 30.3 Å². The van der Waals surface area contributed by atoms with Crippen LogP contribution in [-0.2, 0) is 4.74 Å². The van der Waals surface area contributed by atoms with Crippen LogP contribution in [-0.4, -0.2) is 18.2 Å². The molecular formula is C17H30N2O. The monoisotopic (exact) mass is 278 g/mol. The van der Waals surface area contributed by atoms with Crippen molar-refractivity contribution in [3.63, 3.8) is 0 Å². The molecule has 3 aliphatic carbocycles. The van der Waals surface area contributed by atoms with Crippen LogP contribution < -0.4 is 11.3 Å². The fourth-order valence-corrected chi connectivity index (χ4v) is 5.72. The van der Waals surface area contributed by atoms with Gasteiger partial charge in [0.1, 0.15) is 0 Å². The first-order valence-corrected chi connectivity index (χ1v) is 8.88. The fourth-order valence-electron chi connectivity index (χ4n) is 5.72. The van der Waals surface area contributed by atoms with E-state index in [1.165, 1.54) is 64.2 Å². The molecule has 3 heteroatoms. The van der Waals surface area contributed by atoms with E-state index in [1.54, 1.807) is 0 Å². The lowest BCUT2D eigenvalue weighted by Gasteiger charge is -2.49. The molecule has 4 aliphatic rings. The first kappa shape index (κ1) is 13.5. The predicted octanol–water partition coefficient (Wildman–Crippen LogP) is 2.99. The largest absolute Gasteiger partial charge is 0.375 e. The smallest absolute Gasteiger partial charge is 0.0685 e. The van der Waals surface area contributed by atoms with Gasteiger partial charge in [-0.3, -0.25) is 11.3 Å². The Morgan fingerprint density at radius 3 is 2.70 bits per heavy atom. The SMILES string of the molecule is NNC(CC1CC2CCC1C2)C1CCOC2(CCC2)C1. The number of fused-ring (bicyclic) bond motifs is 2. The molecule has 3 nitrogen and oxygen atoms in total. The van der Waals surface area contributed by atoms with Crippen molar-refractivity contribution < 1.29 is 4.74 Å². The van der Waals surface area contributed by atoms with E-state index in [9.17, 15) is 0 Å². The maximum atomic E-state index is 6.08. The van der Waals surface area contributed by atoms with Crippen LogP contribution in [0.3, 0.4) is 0 Å². The molecule has 5 atom stereocenters. The van der Waals surface area contributed by atoms with Gasteiger partial charge < -0.3 is 4.74 Å². The number of hydrazine groups is 1. The summed E-state index contributed by atoms with van der Waals surface area (Å²) in [6, 6.07) is 0.528. The van der Waals surface area contributed by atoms with Crippen LogP contribution in [0.5, 0.6) is 0 Å². The average molecular weight is 278 g/mol. The zero-order chi connectivity index (χ0) is 13.6. The van der Waals surface area contributed by atoms with Crippen LogP contribution in [0.2, 0.25) is 0 Å². The van der Waals surface area contributed by atoms with Gasteiger partial charge in [-0.1, -0.05) is 6.42 Å². The number of hydrogen-bond acceptors (Lipinski definition) is 3. The Morgan fingerprint density at radius 2 is 2.10 bits per heavy atom. The summed E-state index contributed by atoms with van der Waals surface area (Å²) in [5.41, 5.74) is 3.45. The van der Waals surface area contributed by atoms with Crippen LogP contribution in [0, 0.1) is 23.7 Å². The van der Waals surface area contributed by atoms with Crippen molar-refractivity contribution in [2.75, 3.05) is 6.61 Å². The Kier molecular flexibility index (Phi) is 3.56. The van der Waals surface area contributed by atoms with Gasteiger partial charge in [0.25, 0.3) is 0 Å². The Morgan fingerprint density at radius 1 is 1.20 bits per heavy atom. The molecule has 0 radical (unpaired) electrons. The Bertz CT molecular complexity index is 355. The van der Waals surface area contributed by atoms with Crippen molar-refractivity contribution in [3.8, 4) is 0 Å². The second-order valence-corrected chi connectivity index (χ2v) is 8.08. The van der Waals surface area contributed by atoms with Crippen LogP contribution in [0.15, 0.2) is 0 Å². The van der Waals surface area contributed by atoms with E-state index >= 15 is 0 Å². The lowest BCUT2D eigenvalue weighted by Crippen LogP contribution is -2.52. The van der Waals surface area contributed by atoms with Crippen molar-refractivity contribution in [2.45, 2.75) is 75.9 Å². The zero-order valence-electron chi connectivity index (χ0n) is 12.7. The summed E-state index contributed by atoms with van der Waals surface area (Å²) in [5.74, 6) is 9.71. The number of nitrogens with one attached hydrogen (secondary N) is 1. The lowest BCUT2D eigenvalue weighted by atomic mass is 9.69. The van der Waals surface area contributed by atoms with Crippen molar-refractivity contribution in [1.82, 2.24) is 5.43 Å². The fraction of sp³-hybridized carbons (Fsp3) is 1.00. The Labute approximate surface area is 123 Å². The molecule has 5 unspecified atom stereocenters. The van der Waals surface area contributed by atoms with Crippen molar-refractivity contribution in [1.29, 1.82) is 0 Å². The minimum atomic E-state index is 0.257. The quantitative estimate of drug-likeness (QED) is 0.614. The standard InChI is InChI=1S/C17H30N2O/c18-19-16(10-15-9-12-2-3-13(15)8-12)14-4-7-20-17(11-14)5-1-6-17/h12-16,19H,1-11,18H2. The Hall–Kier alpha value is -0.120. The predicted molar refractivity (Wildman–Crippen MR) is 79.9 cm³/mol. The van der Waals surface area contributed by atoms with Crippen molar-refractivity contribution >= 4 is 0 Å². The summed E-state index contributed by atoms with van der Waals surface area (Å²) in [5, 5.41) is 0. The first-order chi connectivity index (χ1) is 9.78. The van der Waals surface area contributed by atoms with E-state index in [4.69, 9.17) is 10.6 Å². The van der Waals surface area contributed by atoms with E-state index < -0.39 is 0 Å². The topological polar surface area (TPSA) is 47.3 Å². The summed E-state index contributed by atoms with van der Waals surface area (Å²) in [7, 11) is 0. The summed E-state index contributed by atoms with van der Waals surface area (Å²) < 4.78 is 6.08. The van der Waals surface area contributed by atoms with E-state index in [2.05, 4.69) is 5.43 Å². The molecule has 4 fully saturated rings. The van der Waals surface area contributed by atoms with Crippen molar-refractivity contribution in [3.05, 3.63) is 0 Å². The van der Waals surface area contributed by atoms with Gasteiger partial charge in [0, 0.05) is 12.6 Å². The van der Waals surface area contributed by atoms with E-state index in [0.29, 0.717) is 6.04 Å². The minimum absolute atomic E-state index is 0.257. The second kappa shape index (κ2) is 5.26. The molecule has 1 spiro atoms. The first-order valence-electron chi connectivity index (χ1n) is 8.88. The number of hydrogen-bond donors (Lipinski definition) is 2. The van der Waals surface area contributed by atoms with Gasteiger partial charge in [0.05, 0.1) is 5.60 Å². The molecule has 0 amide bonds. The third kappa shape index (κ3) is 2.32. The van der Waals surface area contributed by atoms with Crippen LogP contribution in [0.1, 0.15) is 64.2 Å². The highest BCUT2D eigenvalue weighted by atomic mass is 16.5. The molecule has 2 bridgehead atoms. The third-order valence-corrected chi connectivity index (χ3v) is 7.02. The summed E-state index contributed by atoms with van der Waals surface area (Å²) in [6.07, 6.45) is 13.7. The Balaban J connectivity index is 1.37. The molecule has 0 aromatic heterocycles. The maximum absolute atomic E-state index is 6.08. The molecule has 20 heavy (non-hydrogen) atoms. The average Bonchev–Trinajstić information content (AvgIpc) is 3.05. The third-order valence-electron chi connectivity index (χ3n) is 7.02. The highest BCUT2D eigenvalue weighted by Crippen LogP contribution is 2.51. The molecule has 1 heterocycles. The van der Waals surface area contributed by atoms with Gasteiger partial charge in [-0.25, -0.2) is 0 Å². The van der Waals surface area contributed by atoms with Gasteiger partial charge in [-0.2, -0.15) is 0 Å². The van der Waals surface area contributed by atoms with E-state index in [-0.39, 0.29) is 5.60 Å². The zero-order valence-corrected chi connectivity index (χ0v) is 12.7. The van der Waals surface area contributed by atoms with Gasteiger partial charge >= 0.3 is 0 Å². The summed E-state index contributed by atoms with van der Waals surface area (Å²) in [4.78, 5) is 0. The normalized spacial score (nSPS) is 43.6. The van der Waals surface area contributed by atoms with Gasteiger partial charge in [0.15, 0.2) is 0 Å². The molecule has 114 valence electrons. The van der Waals surface area contributed by atoms with Crippen LogP contribution in [0.4, 0.5) is 0 Å². The number of nitrogens with two attached hydrogens (primary N) is 1. The van der Waals surface area contributed by atoms with Gasteiger partial charge in [0.2, 0.25) is 0 Å². The molecule has 3 saturated carbocycles. The molecular weight excluding hydrogens is 248 g/mol. The van der Waals surface area contributed by atoms with Crippen LogP contribution >= 0.6 is 0 Å². The summed E-state index contributed by atoms with van der Waals surface area (Å²) in [6.45, 7) is 0.958. The molecule has 1 aliphatic heterocycles. The van der Waals surface area contributed by atoms with E-state index in [1.807, 2.05) is 0 Å². The molecule has 3 N–H and O–H groups in total. The summed E-state index contributed by atoms with van der Waals surface area (Å²) >= 11 is 0. The molecule has 1 saturated heterocycles. The molecule has 0 aromatic carbocycles. The van der Waals surface area contributed by atoms with Gasteiger partial charge in [-0.05, 0) is 81.5 Å². The van der Waals surface area contributed by atoms with Gasteiger partial charge in [-0.15, -0.1) is 0 Å². The highest BCUT2D eigenvalue weighted by Gasteiger charge is 2.46. The van der Waals surface area contributed by atoms with Crippen molar-refractivity contribution in [2.24, 2.45) is 29.5 Å². The minimum Gasteiger partial charge on any atom is -0.375 e. The van der Waals surface area contributed by atoms with Crippen LogP contribution in [0.25, 0.3) is 0 Å².